The molecule has 3 atom stereocenters. The van der Waals surface area contributed by atoms with Gasteiger partial charge in [0, 0.05) is 26.1 Å². The minimum absolute atomic E-state index is 0.00883. The molecule has 2 aliphatic rings. The van der Waals surface area contributed by atoms with Gasteiger partial charge in [0.05, 0.1) is 11.8 Å². The van der Waals surface area contributed by atoms with E-state index in [1.807, 2.05) is 50.3 Å². The van der Waals surface area contributed by atoms with E-state index in [4.69, 9.17) is 0 Å². The molecule has 1 unspecified atom stereocenters. The van der Waals surface area contributed by atoms with Crippen LogP contribution in [0.15, 0.2) is 36.4 Å². The highest BCUT2D eigenvalue weighted by atomic mass is 16.2. The molecule has 0 bridgehead atoms. The quantitative estimate of drug-likeness (QED) is 0.307. The minimum Gasteiger partial charge on any atom is -0.354 e. The first-order valence-electron chi connectivity index (χ1n) is 12.5. The van der Waals surface area contributed by atoms with Crippen LogP contribution in [0.25, 0.3) is 0 Å². The number of allylic oxidation sites excluding steroid dienone is 2. The average Bonchev–Trinajstić information content (AvgIpc) is 3.07. The fourth-order valence-corrected chi connectivity index (χ4v) is 4.87. The van der Waals surface area contributed by atoms with Crippen LogP contribution in [0.4, 0.5) is 0 Å². The Morgan fingerprint density at radius 1 is 1.12 bits per heavy atom. The van der Waals surface area contributed by atoms with E-state index in [9.17, 15) is 19.2 Å². The third kappa shape index (κ3) is 5.93. The summed E-state index contributed by atoms with van der Waals surface area (Å²) in [6.07, 6.45) is 7.40. The van der Waals surface area contributed by atoms with E-state index in [2.05, 4.69) is 12.2 Å². The fourth-order valence-electron chi connectivity index (χ4n) is 4.87. The Balaban J connectivity index is 1.73. The van der Waals surface area contributed by atoms with Crippen molar-refractivity contribution in [3.05, 3.63) is 47.5 Å². The Hall–Kier alpha value is -2.96. The summed E-state index contributed by atoms with van der Waals surface area (Å²) in [6, 6.07) is 7.27. The predicted molar refractivity (Wildman–Crippen MR) is 130 cm³/mol. The Morgan fingerprint density at radius 2 is 1.79 bits per heavy atom. The molecule has 4 amide bonds. The zero-order valence-electron chi connectivity index (χ0n) is 20.6. The van der Waals surface area contributed by atoms with Crippen LogP contribution in [-0.4, -0.2) is 52.6 Å². The summed E-state index contributed by atoms with van der Waals surface area (Å²) in [5.41, 5.74) is 2.02. The number of carbonyl (C=O) groups is 4. The van der Waals surface area contributed by atoms with Gasteiger partial charge in [0.25, 0.3) is 0 Å². The van der Waals surface area contributed by atoms with Gasteiger partial charge in [-0.05, 0) is 38.2 Å². The number of imide groups is 1. The third-order valence-electron chi connectivity index (χ3n) is 6.80. The van der Waals surface area contributed by atoms with Gasteiger partial charge >= 0.3 is 0 Å². The van der Waals surface area contributed by atoms with Gasteiger partial charge in [-0.1, -0.05) is 62.2 Å². The maximum absolute atomic E-state index is 13.4. The van der Waals surface area contributed by atoms with Crippen molar-refractivity contribution in [1.29, 1.82) is 0 Å². The summed E-state index contributed by atoms with van der Waals surface area (Å²) in [6.45, 7) is 6.88. The van der Waals surface area contributed by atoms with Gasteiger partial charge in [0.15, 0.2) is 0 Å². The molecule has 1 fully saturated rings. The third-order valence-corrected chi connectivity index (χ3v) is 6.80. The van der Waals surface area contributed by atoms with Gasteiger partial charge in [-0.25, -0.2) is 0 Å². The second kappa shape index (κ2) is 12.0. The van der Waals surface area contributed by atoms with E-state index in [0.29, 0.717) is 32.4 Å². The Bertz CT molecular complexity index is 916. The van der Waals surface area contributed by atoms with Gasteiger partial charge in [-0.3, -0.25) is 24.1 Å². The van der Waals surface area contributed by atoms with Crippen molar-refractivity contribution in [2.24, 2.45) is 11.8 Å². The molecule has 1 heterocycles. The smallest absolute Gasteiger partial charge is 0.242 e. The molecular weight excluding hydrogens is 430 g/mol. The number of amides is 4. The fraction of sp³-hybridized carbons (Fsp3) is 0.556. The lowest BCUT2D eigenvalue weighted by Crippen LogP contribution is -2.49. The molecule has 1 aromatic rings. The molecule has 7 heteroatoms. The van der Waals surface area contributed by atoms with Crippen LogP contribution in [-0.2, 0) is 25.7 Å². The first-order valence-corrected chi connectivity index (χ1v) is 12.5. The second-order valence-corrected chi connectivity index (χ2v) is 9.31. The van der Waals surface area contributed by atoms with Crippen molar-refractivity contribution >= 4 is 23.6 Å². The lowest BCUT2D eigenvalue weighted by atomic mass is 9.85. The van der Waals surface area contributed by atoms with Gasteiger partial charge in [-0.2, -0.15) is 0 Å². The maximum atomic E-state index is 13.4. The predicted octanol–water partition coefficient (Wildman–Crippen LogP) is 3.36. The summed E-state index contributed by atoms with van der Waals surface area (Å²) in [5, 5.41) is 2.95. The number of nitrogens with zero attached hydrogens (tertiary/aromatic N) is 2. The van der Waals surface area contributed by atoms with Crippen LogP contribution >= 0.6 is 0 Å². The summed E-state index contributed by atoms with van der Waals surface area (Å²) in [4.78, 5) is 54.8. The molecule has 7 nitrogen and oxygen atoms in total. The zero-order valence-corrected chi connectivity index (χ0v) is 20.6. The number of rotatable bonds is 11. The van der Waals surface area contributed by atoms with Crippen LogP contribution in [0.3, 0.4) is 0 Å². The number of hydrogen-bond acceptors (Lipinski definition) is 4. The Kier molecular flexibility index (Phi) is 9.02. The van der Waals surface area contributed by atoms with Crippen LogP contribution in [0.2, 0.25) is 0 Å². The number of benzene rings is 1. The van der Waals surface area contributed by atoms with E-state index < -0.39 is 6.04 Å². The number of likely N-dealkylation sites (tertiary alicyclic amines) is 1. The molecule has 0 radical (unpaired) electrons. The van der Waals surface area contributed by atoms with Crippen molar-refractivity contribution in [2.45, 2.75) is 71.9 Å². The molecule has 1 aliphatic heterocycles. The van der Waals surface area contributed by atoms with Gasteiger partial charge in [0.1, 0.15) is 6.04 Å². The number of nitrogens with one attached hydrogen (secondary N) is 1. The van der Waals surface area contributed by atoms with Crippen molar-refractivity contribution in [2.75, 3.05) is 13.1 Å². The zero-order chi connectivity index (χ0) is 24.7. The minimum atomic E-state index is -0.610. The summed E-state index contributed by atoms with van der Waals surface area (Å²) < 4.78 is 0. The van der Waals surface area contributed by atoms with Crippen LogP contribution in [0.1, 0.15) is 63.5 Å². The van der Waals surface area contributed by atoms with E-state index in [1.165, 1.54) is 4.90 Å². The van der Waals surface area contributed by atoms with Crippen LogP contribution in [0.5, 0.6) is 0 Å². The van der Waals surface area contributed by atoms with E-state index in [1.54, 1.807) is 4.90 Å². The number of aryl methyl sites for hydroxylation is 1. The summed E-state index contributed by atoms with van der Waals surface area (Å²) in [5.74, 6) is -1.36. The van der Waals surface area contributed by atoms with Crippen LogP contribution in [0, 0.1) is 18.8 Å². The molecule has 1 N–H and O–H groups in total. The molecule has 0 aromatic heterocycles. The van der Waals surface area contributed by atoms with E-state index in [0.717, 1.165) is 24.0 Å². The van der Waals surface area contributed by atoms with Crippen LogP contribution < -0.4 is 5.32 Å². The normalized spacial score (nSPS) is 20.3. The molecule has 1 aliphatic carbocycles. The van der Waals surface area contributed by atoms with E-state index in [-0.39, 0.29) is 48.4 Å². The lowest BCUT2D eigenvalue weighted by molar-refractivity contribution is -0.144. The number of unbranched alkanes of at least 4 members (excludes halogenated alkanes) is 1. The molecule has 0 spiro atoms. The Labute approximate surface area is 202 Å². The highest BCUT2D eigenvalue weighted by molar-refractivity contribution is 6.05. The molecular formula is C27H37N3O4. The van der Waals surface area contributed by atoms with Crippen molar-refractivity contribution < 1.29 is 19.2 Å². The highest BCUT2D eigenvalue weighted by Crippen LogP contribution is 2.35. The summed E-state index contributed by atoms with van der Waals surface area (Å²) in [7, 11) is 0. The Morgan fingerprint density at radius 3 is 2.38 bits per heavy atom. The number of hydrogen-bond donors (Lipinski definition) is 1. The molecule has 1 saturated heterocycles. The van der Waals surface area contributed by atoms with Gasteiger partial charge in [-0.15, -0.1) is 0 Å². The SMILES string of the molecule is CCCCNC(=O)C(CC)N(Cc1cccc(C)c1)C(=O)CCN1C(=O)[C@H]2CC=CC[C@H]2C1=O. The molecule has 184 valence electrons. The topological polar surface area (TPSA) is 86.8 Å². The van der Waals surface area contributed by atoms with Crippen molar-refractivity contribution in [3.63, 3.8) is 0 Å². The maximum Gasteiger partial charge on any atom is 0.242 e. The van der Waals surface area contributed by atoms with Gasteiger partial charge < -0.3 is 10.2 Å². The monoisotopic (exact) mass is 467 g/mol. The lowest BCUT2D eigenvalue weighted by Gasteiger charge is -2.31. The van der Waals surface area contributed by atoms with Crippen molar-refractivity contribution in [3.8, 4) is 0 Å². The second-order valence-electron chi connectivity index (χ2n) is 9.31. The largest absolute Gasteiger partial charge is 0.354 e. The first-order chi connectivity index (χ1) is 16.4. The molecule has 34 heavy (non-hydrogen) atoms. The first kappa shape index (κ1) is 25.7. The highest BCUT2D eigenvalue weighted by Gasteiger charge is 2.47. The average molecular weight is 468 g/mol. The molecule has 1 aromatic carbocycles. The van der Waals surface area contributed by atoms with Crippen molar-refractivity contribution in [1.82, 2.24) is 15.1 Å². The standard InChI is InChI=1S/C27H37N3O4/c1-4-6-15-28-25(32)23(5-2)30(18-20-11-9-10-19(3)17-20)24(31)14-16-29-26(33)21-12-7-8-13-22(21)27(29)34/h7-11,17,21-23H,4-6,12-16,18H2,1-3H3,(H,28,32)/t21-,22+,23?. The number of fused-ring (bicyclic) bond motifs is 1. The summed E-state index contributed by atoms with van der Waals surface area (Å²) >= 11 is 0. The number of carbonyl (C=O) groups excluding carboxylic acids is 4. The van der Waals surface area contributed by atoms with E-state index >= 15 is 0 Å². The molecule has 0 saturated carbocycles. The van der Waals surface area contributed by atoms with Gasteiger partial charge in [0.2, 0.25) is 23.6 Å². The molecule has 3 rings (SSSR count).